The van der Waals surface area contributed by atoms with Crippen LogP contribution < -0.4 is 5.32 Å². The Bertz CT molecular complexity index is 164. The molecular weight excluding hydrogens is 138 g/mol. The van der Waals surface area contributed by atoms with Gasteiger partial charge in [0.25, 0.3) is 0 Å². The minimum absolute atomic E-state index is 0.0752. The second-order valence-corrected chi connectivity index (χ2v) is 4.81. The summed E-state index contributed by atoms with van der Waals surface area (Å²) in [7, 11) is 0. The number of hydrogen-bond donors (Lipinski definition) is 2. The number of fused-ring (bicyclic) bond motifs is 2. The number of rotatable bonds is 0. The van der Waals surface area contributed by atoms with Gasteiger partial charge in [-0.25, -0.2) is 0 Å². The van der Waals surface area contributed by atoms with E-state index in [9.17, 15) is 5.11 Å². The van der Waals surface area contributed by atoms with Crippen LogP contribution in [0.5, 0.6) is 0 Å². The minimum Gasteiger partial charge on any atom is -0.393 e. The topological polar surface area (TPSA) is 32.3 Å². The van der Waals surface area contributed by atoms with Crippen LogP contribution in [0.25, 0.3) is 0 Å². The molecule has 2 atom stereocenters. The van der Waals surface area contributed by atoms with Gasteiger partial charge in [0.05, 0.1) is 6.10 Å². The zero-order valence-corrected chi connectivity index (χ0v) is 7.35. The molecule has 0 spiro atoms. The zero-order chi connectivity index (χ0) is 8.11. The Labute approximate surface area is 68.0 Å². The van der Waals surface area contributed by atoms with E-state index in [1.54, 1.807) is 0 Å². The van der Waals surface area contributed by atoms with E-state index in [0.29, 0.717) is 0 Å². The Balaban J connectivity index is 2.21. The summed E-state index contributed by atoms with van der Waals surface area (Å²) < 4.78 is 0. The molecule has 2 nitrogen and oxygen atoms in total. The minimum atomic E-state index is -0.0752. The number of piperidine rings is 1. The molecule has 0 aliphatic carbocycles. The molecule has 2 heteroatoms. The molecule has 2 rings (SSSR count). The van der Waals surface area contributed by atoms with Gasteiger partial charge in [-0.3, -0.25) is 0 Å². The highest BCUT2D eigenvalue weighted by atomic mass is 16.3. The maximum atomic E-state index is 9.58. The van der Waals surface area contributed by atoms with Crippen molar-refractivity contribution in [2.45, 2.75) is 56.7 Å². The van der Waals surface area contributed by atoms with Crippen molar-refractivity contribution in [3.63, 3.8) is 0 Å². The predicted octanol–water partition coefficient (Wildman–Crippen LogP) is 1.04. The molecule has 2 heterocycles. The maximum Gasteiger partial charge on any atom is 0.0575 e. The quantitative estimate of drug-likeness (QED) is 0.548. The van der Waals surface area contributed by atoms with Gasteiger partial charge in [0.15, 0.2) is 0 Å². The molecule has 0 radical (unpaired) electrons. The number of aliphatic hydroxyl groups excluding tert-OH is 1. The van der Waals surface area contributed by atoms with E-state index in [-0.39, 0.29) is 17.2 Å². The molecule has 0 saturated carbocycles. The largest absolute Gasteiger partial charge is 0.393 e. The number of aliphatic hydroxyl groups is 1. The van der Waals surface area contributed by atoms with Gasteiger partial charge in [-0.2, -0.15) is 0 Å². The fourth-order valence-corrected chi connectivity index (χ4v) is 2.82. The standard InChI is InChI=1S/C9H17NO/c1-8-3-4-9(2,10-8)6-7(11)5-8/h7,10-11H,3-6H2,1-2H3. The van der Waals surface area contributed by atoms with Crippen LogP contribution in [0.4, 0.5) is 0 Å². The first-order valence-corrected chi connectivity index (χ1v) is 4.49. The van der Waals surface area contributed by atoms with Crippen molar-refractivity contribution in [1.29, 1.82) is 0 Å². The van der Waals surface area contributed by atoms with Crippen molar-refractivity contribution >= 4 is 0 Å². The lowest BCUT2D eigenvalue weighted by Gasteiger charge is -2.39. The first-order chi connectivity index (χ1) is 5.02. The fraction of sp³-hybridized carbons (Fsp3) is 1.00. The van der Waals surface area contributed by atoms with Gasteiger partial charge in [-0.05, 0) is 39.5 Å². The third-order valence-corrected chi connectivity index (χ3v) is 3.20. The molecule has 0 aromatic rings. The SMILES string of the molecule is CC12CCC(C)(CC(O)C1)N2. The lowest BCUT2D eigenvalue weighted by atomic mass is 9.87. The third kappa shape index (κ3) is 1.18. The van der Waals surface area contributed by atoms with Crippen LogP contribution in [0.15, 0.2) is 0 Å². The molecule has 2 aliphatic heterocycles. The van der Waals surface area contributed by atoms with Gasteiger partial charge >= 0.3 is 0 Å². The highest BCUT2D eigenvalue weighted by Gasteiger charge is 2.47. The Morgan fingerprint density at radius 2 is 1.64 bits per heavy atom. The summed E-state index contributed by atoms with van der Waals surface area (Å²) in [5, 5.41) is 13.2. The van der Waals surface area contributed by atoms with Gasteiger partial charge in [-0.15, -0.1) is 0 Å². The fourth-order valence-electron chi connectivity index (χ4n) is 2.82. The van der Waals surface area contributed by atoms with Crippen LogP contribution in [0.2, 0.25) is 0 Å². The van der Waals surface area contributed by atoms with Crippen LogP contribution in [0, 0.1) is 0 Å². The second-order valence-electron chi connectivity index (χ2n) is 4.81. The van der Waals surface area contributed by atoms with E-state index >= 15 is 0 Å². The van der Waals surface area contributed by atoms with Gasteiger partial charge in [0, 0.05) is 11.1 Å². The van der Waals surface area contributed by atoms with Gasteiger partial charge in [0.2, 0.25) is 0 Å². The van der Waals surface area contributed by atoms with E-state index in [4.69, 9.17) is 0 Å². The zero-order valence-electron chi connectivity index (χ0n) is 7.35. The first kappa shape index (κ1) is 7.56. The van der Waals surface area contributed by atoms with Crippen molar-refractivity contribution in [2.24, 2.45) is 0 Å². The van der Waals surface area contributed by atoms with E-state index < -0.39 is 0 Å². The summed E-state index contributed by atoms with van der Waals surface area (Å²) in [6.45, 7) is 4.45. The molecule has 0 aromatic carbocycles. The van der Waals surface area contributed by atoms with E-state index in [0.717, 1.165) is 12.8 Å². The third-order valence-electron chi connectivity index (χ3n) is 3.20. The second kappa shape index (κ2) is 1.99. The highest BCUT2D eigenvalue weighted by Crippen LogP contribution is 2.41. The normalized spacial score (nSPS) is 56.5. The average Bonchev–Trinajstić information content (AvgIpc) is 2.01. The van der Waals surface area contributed by atoms with Crippen LogP contribution in [-0.4, -0.2) is 22.3 Å². The molecular formula is C9H17NO. The van der Waals surface area contributed by atoms with Gasteiger partial charge < -0.3 is 10.4 Å². The summed E-state index contributed by atoms with van der Waals surface area (Å²) in [6.07, 6.45) is 4.24. The van der Waals surface area contributed by atoms with Crippen LogP contribution >= 0.6 is 0 Å². The molecule has 2 unspecified atom stereocenters. The molecule has 2 aliphatic rings. The molecule has 2 N–H and O–H groups in total. The molecule has 2 saturated heterocycles. The van der Waals surface area contributed by atoms with Crippen LogP contribution in [-0.2, 0) is 0 Å². The van der Waals surface area contributed by atoms with E-state index in [1.165, 1.54) is 12.8 Å². The van der Waals surface area contributed by atoms with Gasteiger partial charge in [-0.1, -0.05) is 0 Å². The average molecular weight is 155 g/mol. The molecule has 64 valence electrons. The first-order valence-electron chi connectivity index (χ1n) is 4.49. The summed E-state index contributed by atoms with van der Waals surface area (Å²) in [5.74, 6) is 0. The van der Waals surface area contributed by atoms with E-state index in [1.807, 2.05) is 0 Å². The van der Waals surface area contributed by atoms with Crippen LogP contribution in [0.1, 0.15) is 39.5 Å². The Kier molecular flexibility index (Phi) is 1.37. The monoisotopic (exact) mass is 155 g/mol. The molecule has 0 amide bonds. The Morgan fingerprint density at radius 1 is 1.18 bits per heavy atom. The Morgan fingerprint density at radius 3 is 2.09 bits per heavy atom. The molecule has 2 fully saturated rings. The van der Waals surface area contributed by atoms with Crippen LogP contribution in [0.3, 0.4) is 0 Å². The van der Waals surface area contributed by atoms with Crippen molar-refractivity contribution in [2.75, 3.05) is 0 Å². The smallest absolute Gasteiger partial charge is 0.0575 e. The summed E-state index contributed by atoms with van der Waals surface area (Å²) in [5.41, 5.74) is 0.457. The summed E-state index contributed by atoms with van der Waals surface area (Å²) >= 11 is 0. The molecule has 0 aromatic heterocycles. The van der Waals surface area contributed by atoms with E-state index in [2.05, 4.69) is 19.2 Å². The summed E-state index contributed by atoms with van der Waals surface area (Å²) in [6, 6.07) is 0. The van der Waals surface area contributed by atoms with Crippen molar-refractivity contribution in [1.82, 2.24) is 5.32 Å². The van der Waals surface area contributed by atoms with Gasteiger partial charge in [0.1, 0.15) is 0 Å². The molecule has 11 heavy (non-hydrogen) atoms. The number of hydrogen-bond acceptors (Lipinski definition) is 2. The van der Waals surface area contributed by atoms with Crippen molar-refractivity contribution in [3.05, 3.63) is 0 Å². The Hall–Kier alpha value is -0.0800. The molecule has 2 bridgehead atoms. The lowest BCUT2D eigenvalue weighted by molar-refractivity contribution is 0.0614. The van der Waals surface area contributed by atoms with Crippen molar-refractivity contribution < 1.29 is 5.11 Å². The maximum absolute atomic E-state index is 9.58. The predicted molar refractivity (Wildman–Crippen MR) is 44.4 cm³/mol. The lowest BCUT2D eigenvalue weighted by Crippen LogP contribution is -2.55. The highest BCUT2D eigenvalue weighted by molar-refractivity contribution is 5.08. The number of nitrogens with one attached hydrogen (secondary N) is 1. The summed E-state index contributed by atoms with van der Waals surface area (Å²) in [4.78, 5) is 0. The van der Waals surface area contributed by atoms with Crippen molar-refractivity contribution in [3.8, 4) is 0 Å².